The van der Waals surface area contributed by atoms with Crippen molar-refractivity contribution in [2.75, 3.05) is 24.7 Å². The Morgan fingerprint density at radius 1 is 1.25 bits per heavy atom. The van der Waals surface area contributed by atoms with Gasteiger partial charge in [0.2, 0.25) is 0 Å². The second-order valence-corrected chi connectivity index (χ2v) is 6.82. The lowest BCUT2D eigenvalue weighted by molar-refractivity contribution is 0.0955. The number of amides is 1. The molecule has 6 heteroatoms. The molecule has 0 saturated heterocycles. The molecular weight excluding hydrogens is 325 g/mol. The van der Waals surface area contributed by atoms with Crippen LogP contribution in [0.2, 0.25) is 0 Å². The van der Waals surface area contributed by atoms with Crippen LogP contribution in [0.15, 0.2) is 52.5 Å². The van der Waals surface area contributed by atoms with Gasteiger partial charge in [-0.1, -0.05) is 6.07 Å². The van der Waals surface area contributed by atoms with Gasteiger partial charge in [0.25, 0.3) is 5.91 Å². The molecule has 4 nitrogen and oxygen atoms in total. The molecule has 24 heavy (non-hydrogen) atoms. The second-order valence-electron chi connectivity index (χ2n) is 5.68. The van der Waals surface area contributed by atoms with Crippen LogP contribution >= 0.6 is 11.8 Å². The zero-order chi connectivity index (χ0) is 17.1. The maximum atomic E-state index is 13.5. The van der Waals surface area contributed by atoms with Crippen LogP contribution in [-0.4, -0.2) is 31.5 Å². The fourth-order valence-electron chi connectivity index (χ4n) is 2.47. The van der Waals surface area contributed by atoms with E-state index in [4.69, 9.17) is 0 Å². The monoisotopic (exact) mass is 343 g/mol. The van der Waals surface area contributed by atoms with Crippen LogP contribution in [0.5, 0.6) is 0 Å². The molecule has 1 heterocycles. The first-order valence-corrected chi connectivity index (χ1v) is 8.60. The molecular formula is C18H18FN3OS. The van der Waals surface area contributed by atoms with Crippen molar-refractivity contribution in [3.63, 3.8) is 0 Å². The molecule has 0 atom stereocenters. The Balaban J connectivity index is 1.80. The number of nitrogens with zero attached hydrogens (tertiary/aromatic N) is 2. The van der Waals surface area contributed by atoms with E-state index in [9.17, 15) is 9.18 Å². The van der Waals surface area contributed by atoms with Gasteiger partial charge < -0.3 is 4.90 Å². The fraction of sp³-hybridized carbons (Fsp3) is 0.222. The van der Waals surface area contributed by atoms with Crippen LogP contribution in [0, 0.1) is 5.82 Å². The molecule has 0 saturated carbocycles. The minimum atomic E-state index is -0.297. The number of hydrazone groups is 1. The first kappa shape index (κ1) is 16.5. The fourth-order valence-corrected chi connectivity index (χ4v) is 3.48. The molecule has 1 N–H and O–H groups in total. The van der Waals surface area contributed by atoms with Crippen molar-refractivity contribution < 1.29 is 9.18 Å². The Labute approximate surface area is 144 Å². The van der Waals surface area contributed by atoms with Crippen LogP contribution in [-0.2, 0) is 0 Å². The molecule has 3 rings (SSSR count). The zero-order valence-electron chi connectivity index (χ0n) is 13.5. The third-order valence-electron chi connectivity index (χ3n) is 3.77. The quantitative estimate of drug-likeness (QED) is 0.867. The van der Waals surface area contributed by atoms with E-state index in [0.717, 1.165) is 21.9 Å². The van der Waals surface area contributed by atoms with Crippen molar-refractivity contribution in [3.05, 3.63) is 59.4 Å². The number of nitrogens with one attached hydrogen (secondary N) is 1. The summed E-state index contributed by atoms with van der Waals surface area (Å²) >= 11 is 1.67. The van der Waals surface area contributed by atoms with Crippen molar-refractivity contribution >= 4 is 29.1 Å². The van der Waals surface area contributed by atoms with Gasteiger partial charge in [0, 0.05) is 48.0 Å². The Kier molecular flexibility index (Phi) is 4.85. The predicted octanol–water partition coefficient (Wildman–Crippen LogP) is 3.52. The van der Waals surface area contributed by atoms with E-state index >= 15 is 0 Å². The number of fused-ring (bicyclic) bond motifs is 1. The third kappa shape index (κ3) is 3.59. The van der Waals surface area contributed by atoms with Crippen molar-refractivity contribution in [2.24, 2.45) is 5.10 Å². The van der Waals surface area contributed by atoms with Gasteiger partial charge in [0.1, 0.15) is 5.82 Å². The molecule has 2 aromatic rings. The van der Waals surface area contributed by atoms with Gasteiger partial charge in [-0.15, -0.1) is 11.8 Å². The highest BCUT2D eigenvalue weighted by atomic mass is 32.2. The zero-order valence-corrected chi connectivity index (χ0v) is 14.4. The van der Waals surface area contributed by atoms with Crippen molar-refractivity contribution in [3.8, 4) is 0 Å². The summed E-state index contributed by atoms with van der Waals surface area (Å²) in [6.07, 6.45) is 0.694. The number of hydrogen-bond donors (Lipinski definition) is 1. The van der Waals surface area contributed by atoms with Gasteiger partial charge in [-0.2, -0.15) is 5.10 Å². The highest BCUT2D eigenvalue weighted by molar-refractivity contribution is 7.99. The highest BCUT2D eigenvalue weighted by Gasteiger charge is 2.17. The topological polar surface area (TPSA) is 44.7 Å². The Morgan fingerprint density at radius 3 is 2.88 bits per heavy atom. The summed E-state index contributed by atoms with van der Waals surface area (Å²) in [7, 11) is 3.84. The molecule has 0 fully saturated rings. The summed E-state index contributed by atoms with van der Waals surface area (Å²) in [5.41, 5.74) is 5.54. The molecule has 0 aliphatic carbocycles. The summed E-state index contributed by atoms with van der Waals surface area (Å²) < 4.78 is 13.5. The third-order valence-corrected chi connectivity index (χ3v) is 4.84. The van der Waals surface area contributed by atoms with E-state index in [-0.39, 0.29) is 11.7 Å². The van der Waals surface area contributed by atoms with Crippen LogP contribution in [0.3, 0.4) is 0 Å². The number of thioether (sulfide) groups is 1. The first-order valence-electron chi connectivity index (χ1n) is 7.61. The SMILES string of the molecule is CN(C)c1cccc(C(=O)N/N=C2/CCSc3ccc(F)cc32)c1. The Bertz CT molecular complexity index is 805. The number of halogens is 1. The maximum absolute atomic E-state index is 13.5. The molecule has 0 bridgehead atoms. The summed E-state index contributed by atoms with van der Waals surface area (Å²) in [6, 6.07) is 12.0. The van der Waals surface area contributed by atoms with E-state index in [1.54, 1.807) is 30.0 Å². The van der Waals surface area contributed by atoms with Crippen molar-refractivity contribution in [1.82, 2.24) is 5.43 Å². The van der Waals surface area contributed by atoms with E-state index in [0.29, 0.717) is 17.7 Å². The number of rotatable bonds is 3. The standard InChI is InChI=1S/C18H18FN3OS/c1-22(2)14-5-3-4-12(10-14)18(23)21-20-16-8-9-24-17-7-6-13(19)11-15(16)17/h3-7,10-11H,8-9H2,1-2H3,(H,21,23)/b20-16-. The largest absolute Gasteiger partial charge is 0.378 e. The Hall–Kier alpha value is -2.34. The van der Waals surface area contributed by atoms with Crippen LogP contribution < -0.4 is 10.3 Å². The summed E-state index contributed by atoms with van der Waals surface area (Å²) in [5.74, 6) is 0.292. The van der Waals surface area contributed by atoms with E-state index in [2.05, 4.69) is 10.5 Å². The molecule has 2 aromatic carbocycles. The van der Waals surface area contributed by atoms with E-state index in [1.807, 2.05) is 31.1 Å². The first-order chi connectivity index (χ1) is 11.5. The molecule has 1 aliphatic rings. The van der Waals surface area contributed by atoms with Gasteiger partial charge in [-0.3, -0.25) is 4.79 Å². The molecule has 0 aromatic heterocycles. The van der Waals surface area contributed by atoms with Gasteiger partial charge in [-0.25, -0.2) is 9.82 Å². The average molecular weight is 343 g/mol. The normalized spacial score (nSPS) is 15.0. The lowest BCUT2D eigenvalue weighted by atomic mass is 10.1. The number of carbonyl (C=O) groups excluding carboxylic acids is 1. The molecule has 124 valence electrons. The lowest BCUT2D eigenvalue weighted by Gasteiger charge is -2.17. The molecule has 1 amide bonds. The van der Waals surface area contributed by atoms with E-state index in [1.165, 1.54) is 12.1 Å². The second kappa shape index (κ2) is 7.05. The lowest BCUT2D eigenvalue weighted by Crippen LogP contribution is -2.22. The van der Waals surface area contributed by atoms with Gasteiger partial charge in [0.05, 0.1) is 5.71 Å². The van der Waals surface area contributed by atoms with Crippen molar-refractivity contribution in [1.29, 1.82) is 0 Å². The minimum Gasteiger partial charge on any atom is -0.378 e. The molecule has 1 aliphatic heterocycles. The minimum absolute atomic E-state index is 0.276. The number of benzene rings is 2. The average Bonchev–Trinajstić information content (AvgIpc) is 2.59. The molecule has 0 radical (unpaired) electrons. The van der Waals surface area contributed by atoms with Crippen molar-refractivity contribution in [2.45, 2.75) is 11.3 Å². The molecule has 0 spiro atoms. The Morgan fingerprint density at radius 2 is 2.08 bits per heavy atom. The maximum Gasteiger partial charge on any atom is 0.271 e. The predicted molar refractivity (Wildman–Crippen MR) is 96.5 cm³/mol. The summed E-state index contributed by atoms with van der Waals surface area (Å²) in [5, 5.41) is 4.24. The highest BCUT2D eigenvalue weighted by Crippen LogP contribution is 2.30. The smallest absolute Gasteiger partial charge is 0.271 e. The van der Waals surface area contributed by atoms with Gasteiger partial charge in [0.15, 0.2) is 0 Å². The van der Waals surface area contributed by atoms with Gasteiger partial charge in [-0.05, 0) is 36.4 Å². The van der Waals surface area contributed by atoms with Crippen LogP contribution in [0.4, 0.5) is 10.1 Å². The van der Waals surface area contributed by atoms with Crippen LogP contribution in [0.1, 0.15) is 22.3 Å². The number of anilines is 1. The van der Waals surface area contributed by atoms with Gasteiger partial charge >= 0.3 is 0 Å². The van der Waals surface area contributed by atoms with Crippen LogP contribution in [0.25, 0.3) is 0 Å². The van der Waals surface area contributed by atoms with E-state index < -0.39 is 0 Å². The number of carbonyl (C=O) groups is 1. The summed E-state index contributed by atoms with van der Waals surface area (Å²) in [4.78, 5) is 15.2. The summed E-state index contributed by atoms with van der Waals surface area (Å²) in [6.45, 7) is 0. The number of hydrogen-bond acceptors (Lipinski definition) is 4. The molecule has 0 unspecified atom stereocenters.